The van der Waals surface area contributed by atoms with Crippen molar-refractivity contribution in [3.05, 3.63) is 28.7 Å². The maximum absolute atomic E-state index is 13.0. The Kier molecular flexibility index (Phi) is 8.66. The van der Waals surface area contributed by atoms with Crippen LogP contribution in [-0.2, 0) is 24.8 Å². The molecule has 0 saturated carbocycles. The number of methoxy groups -OCH3 is 1. The molecular formula is C16H26BrN3O5S2. The van der Waals surface area contributed by atoms with E-state index in [1.54, 1.807) is 19.2 Å². The summed E-state index contributed by atoms with van der Waals surface area (Å²) in [4.78, 5) is 0.141. The topological polar surface area (TPSA) is 96.0 Å². The summed E-state index contributed by atoms with van der Waals surface area (Å²) >= 11 is 3.29. The lowest BCUT2D eigenvalue weighted by Gasteiger charge is -2.28. The molecule has 1 heterocycles. The molecule has 2 rings (SSSR count). The Morgan fingerprint density at radius 1 is 1.11 bits per heavy atom. The Bertz CT molecular complexity index is 794. The van der Waals surface area contributed by atoms with Crippen molar-refractivity contribution < 1.29 is 21.6 Å². The molecular weight excluding hydrogens is 458 g/mol. The van der Waals surface area contributed by atoms with Crippen molar-refractivity contribution in [3.8, 4) is 0 Å². The van der Waals surface area contributed by atoms with Gasteiger partial charge in [-0.2, -0.15) is 8.61 Å². The van der Waals surface area contributed by atoms with Crippen LogP contribution in [0.4, 0.5) is 0 Å². The van der Waals surface area contributed by atoms with Gasteiger partial charge in [-0.05, 0) is 30.7 Å². The van der Waals surface area contributed by atoms with Crippen molar-refractivity contribution in [3.63, 3.8) is 0 Å². The predicted octanol–water partition coefficient (Wildman–Crippen LogP) is 0.711. The van der Waals surface area contributed by atoms with E-state index in [9.17, 15) is 16.8 Å². The van der Waals surface area contributed by atoms with Crippen molar-refractivity contribution in [2.75, 3.05) is 58.7 Å². The highest BCUT2D eigenvalue weighted by Crippen LogP contribution is 2.19. The van der Waals surface area contributed by atoms with Crippen LogP contribution in [0.2, 0.25) is 0 Å². The number of sulfonamides is 2. The first-order valence-corrected chi connectivity index (χ1v) is 12.5. The zero-order chi connectivity index (χ0) is 19.9. The smallest absolute Gasteiger partial charge is 0.243 e. The van der Waals surface area contributed by atoms with Gasteiger partial charge in [-0.3, -0.25) is 0 Å². The maximum atomic E-state index is 13.0. The lowest BCUT2D eigenvalue weighted by atomic mass is 10.4. The highest BCUT2D eigenvalue weighted by molar-refractivity contribution is 9.10. The van der Waals surface area contributed by atoms with Crippen molar-refractivity contribution >= 4 is 36.0 Å². The van der Waals surface area contributed by atoms with Gasteiger partial charge < -0.3 is 10.1 Å². The van der Waals surface area contributed by atoms with Crippen LogP contribution in [0, 0.1) is 0 Å². The molecule has 0 spiro atoms. The molecule has 1 aliphatic heterocycles. The Balaban J connectivity index is 2.14. The average Bonchev–Trinajstić information content (AvgIpc) is 2.65. The molecule has 0 amide bonds. The van der Waals surface area contributed by atoms with Gasteiger partial charge in [0.25, 0.3) is 0 Å². The third kappa shape index (κ3) is 6.48. The van der Waals surface area contributed by atoms with Gasteiger partial charge in [-0.1, -0.05) is 15.9 Å². The molecule has 0 atom stereocenters. The van der Waals surface area contributed by atoms with Crippen LogP contribution in [0.15, 0.2) is 33.6 Å². The van der Waals surface area contributed by atoms with Crippen LogP contribution in [0.5, 0.6) is 0 Å². The minimum atomic E-state index is -3.79. The van der Waals surface area contributed by atoms with E-state index in [1.165, 1.54) is 20.7 Å². The average molecular weight is 484 g/mol. The zero-order valence-electron chi connectivity index (χ0n) is 15.3. The monoisotopic (exact) mass is 483 g/mol. The van der Waals surface area contributed by atoms with Crippen molar-refractivity contribution in [2.24, 2.45) is 0 Å². The Labute approximate surface area is 170 Å². The second kappa shape index (κ2) is 10.3. The van der Waals surface area contributed by atoms with Crippen molar-refractivity contribution in [2.45, 2.75) is 11.3 Å². The molecule has 0 aliphatic carbocycles. The molecule has 1 aromatic carbocycles. The fourth-order valence-corrected chi connectivity index (χ4v) is 6.07. The first kappa shape index (κ1) is 22.7. The van der Waals surface area contributed by atoms with Crippen molar-refractivity contribution in [1.82, 2.24) is 13.9 Å². The van der Waals surface area contributed by atoms with Gasteiger partial charge in [0.05, 0.1) is 10.6 Å². The largest absolute Gasteiger partial charge is 0.385 e. The molecule has 0 bridgehead atoms. The van der Waals surface area contributed by atoms with Gasteiger partial charge in [0.2, 0.25) is 20.0 Å². The summed E-state index contributed by atoms with van der Waals surface area (Å²) in [6.45, 7) is 2.54. The molecule has 0 radical (unpaired) electrons. The van der Waals surface area contributed by atoms with Gasteiger partial charge in [0.15, 0.2) is 0 Å². The molecule has 0 unspecified atom stereocenters. The number of halogens is 1. The van der Waals surface area contributed by atoms with E-state index < -0.39 is 20.0 Å². The Morgan fingerprint density at radius 3 is 2.33 bits per heavy atom. The first-order chi connectivity index (χ1) is 12.8. The van der Waals surface area contributed by atoms with Crippen molar-refractivity contribution in [1.29, 1.82) is 0 Å². The number of nitrogens with zero attached hydrogens (tertiary/aromatic N) is 2. The molecule has 1 fully saturated rings. The quantitative estimate of drug-likeness (QED) is 0.492. The molecule has 1 N–H and O–H groups in total. The first-order valence-electron chi connectivity index (χ1n) is 8.70. The molecule has 0 aromatic heterocycles. The normalized spacial score (nSPS) is 16.7. The summed E-state index contributed by atoms with van der Waals surface area (Å²) in [5, 5.41) is 3.11. The minimum Gasteiger partial charge on any atom is -0.385 e. The number of piperazine rings is 1. The summed E-state index contributed by atoms with van der Waals surface area (Å²) in [5.41, 5.74) is 0. The second-order valence-electron chi connectivity index (χ2n) is 6.17. The molecule has 1 aliphatic rings. The van der Waals surface area contributed by atoms with Crippen LogP contribution < -0.4 is 5.32 Å². The summed E-state index contributed by atoms with van der Waals surface area (Å²) in [5.74, 6) is -0.240. The number of hydrogen-bond donors (Lipinski definition) is 1. The van der Waals surface area contributed by atoms with Gasteiger partial charge in [0, 0.05) is 57.5 Å². The van der Waals surface area contributed by atoms with E-state index >= 15 is 0 Å². The predicted molar refractivity (Wildman–Crippen MR) is 108 cm³/mol. The third-order valence-electron chi connectivity index (χ3n) is 4.28. The van der Waals surface area contributed by atoms with E-state index in [4.69, 9.17) is 4.74 Å². The number of rotatable bonds is 10. The van der Waals surface area contributed by atoms with Crippen LogP contribution in [0.25, 0.3) is 0 Å². The third-order valence-corrected chi connectivity index (χ3v) is 8.57. The molecule has 1 aromatic rings. The summed E-state index contributed by atoms with van der Waals surface area (Å²) in [6.07, 6.45) is 0.486. The highest BCUT2D eigenvalue weighted by atomic mass is 79.9. The molecule has 8 nitrogen and oxygen atoms in total. The molecule has 154 valence electrons. The molecule has 1 saturated heterocycles. The second-order valence-corrected chi connectivity index (χ2v) is 11.1. The van der Waals surface area contributed by atoms with Crippen LogP contribution in [0.3, 0.4) is 0 Å². The lowest BCUT2D eigenvalue weighted by Crippen LogP contribution is -2.48. The number of hydrogen-bond acceptors (Lipinski definition) is 6. The van der Waals surface area contributed by atoms with Gasteiger partial charge in [-0.15, -0.1) is 0 Å². The van der Waals surface area contributed by atoms with E-state index in [-0.39, 0.29) is 23.7 Å². The Morgan fingerprint density at radius 2 is 1.74 bits per heavy atom. The zero-order valence-corrected chi connectivity index (χ0v) is 18.5. The summed E-state index contributed by atoms with van der Waals surface area (Å²) in [6, 6.07) is 6.32. The van der Waals surface area contributed by atoms with E-state index in [1.807, 2.05) is 0 Å². The number of nitrogens with one attached hydrogen (secondary N) is 1. The Hall–Kier alpha value is -0.560. The van der Waals surface area contributed by atoms with E-state index in [0.29, 0.717) is 39.2 Å². The number of benzene rings is 1. The van der Waals surface area contributed by atoms with Gasteiger partial charge >= 0.3 is 0 Å². The van der Waals surface area contributed by atoms with E-state index in [2.05, 4.69) is 21.2 Å². The molecule has 27 heavy (non-hydrogen) atoms. The van der Waals surface area contributed by atoms with Gasteiger partial charge in [0.1, 0.15) is 0 Å². The SMILES string of the molecule is COCCCN(CCS(=O)(=O)N1CCNCC1)S(=O)(=O)c1ccc(Br)cc1. The standard InChI is InChI=1S/C16H26BrN3O5S2/c1-25-13-2-9-20(27(23,24)16-5-3-15(17)4-6-16)12-14-26(21,22)19-10-7-18-8-11-19/h3-6,18H,2,7-14H2,1H3. The van der Waals surface area contributed by atoms with Crippen LogP contribution in [0.1, 0.15) is 6.42 Å². The lowest BCUT2D eigenvalue weighted by molar-refractivity contribution is 0.188. The van der Waals surface area contributed by atoms with Crippen LogP contribution >= 0.6 is 15.9 Å². The van der Waals surface area contributed by atoms with Gasteiger partial charge in [-0.25, -0.2) is 16.8 Å². The highest BCUT2D eigenvalue weighted by Gasteiger charge is 2.29. The summed E-state index contributed by atoms with van der Waals surface area (Å²) in [7, 11) is -5.76. The fourth-order valence-electron chi connectivity index (χ4n) is 2.76. The number of ether oxygens (including phenoxy) is 1. The molecule has 11 heteroatoms. The minimum absolute atomic E-state index is 0.0889. The maximum Gasteiger partial charge on any atom is 0.243 e. The fraction of sp³-hybridized carbons (Fsp3) is 0.625. The summed E-state index contributed by atoms with van der Waals surface area (Å²) < 4.78 is 59.5. The van der Waals surface area contributed by atoms with Crippen LogP contribution in [-0.4, -0.2) is 84.2 Å². The van der Waals surface area contributed by atoms with E-state index in [0.717, 1.165) is 4.47 Å².